The highest BCUT2D eigenvalue weighted by atomic mass is 16.5. The van der Waals surface area contributed by atoms with Crippen LogP contribution in [0.1, 0.15) is 13.3 Å². The fourth-order valence-electron chi connectivity index (χ4n) is 0.751. The molecule has 2 N–H and O–H groups in total. The number of aliphatic hydroxyl groups is 2. The van der Waals surface area contributed by atoms with Crippen molar-refractivity contribution in [1.29, 1.82) is 0 Å². The SMILES string of the molecule is B[C@@H](CC)OC(CO)(CO)N=[N+]=[N-]. The van der Waals surface area contributed by atoms with Crippen molar-refractivity contribution in [2.24, 2.45) is 5.11 Å². The molecular weight excluding hydrogens is 173 g/mol. The minimum atomic E-state index is -1.52. The van der Waals surface area contributed by atoms with Gasteiger partial charge in [0, 0.05) is 10.9 Å². The molecular formula is C6H14BN3O3. The lowest BCUT2D eigenvalue weighted by Gasteiger charge is -2.27. The molecule has 7 heteroatoms. The van der Waals surface area contributed by atoms with Gasteiger partial charge in [0.1, 0.15) is 7.85 Å². The molecule has 13 heavy (non-hydrogen) atoms. The van der Waals surface area contributed by atoms with Gasteiger partial charge in [-0.15, -0.1) is 0 Å². The fourth-order valence-corrected chi connectivity index (χ4v) is 0.751. The lowest BCUT2D eigenvalue weighted by molar-refractivity contribution is -0.117. The number of aliphatic hydroxyl groups excluding tert-OH is 2. The summed E-state index contributed by atoms with van der Waals surface area (Å²) in [5.74, 6) is 0. The molecule has 0 unspecified atom stereocenters. The largest absolute Gasteiger partial charge is 0.393 e. The maximum Gasteiger partial charge on any atom is 0.192 e. The Morgan fingerprint density at radius 1 is 1.62 bits per heavy atom. The van der Waals surface area contributed by atoms with E-state index < -0.39 is 18.9 Å². The summed E-state index contributed by atoms with van der Waals surface area (Å²) in [4.78, 5) is 2.52. The minimum absolute atomic E-state index is 0.176. The molecule has 0 saturated heterocycles. The highest BCUT2D eigenvalue weighted by Crippen LogP contribution is 2.15. The van der Waals surface area contributed by atoms with Gasteiger partial charge in [0.15, 0.2) is 5.72 Å². The van der Waals surface area contributed by atoms with E-state index in [4.69, 9.17) is 20.5 Å². The van der Waals surface area contributed by atoms with Crippen molar-refractivity contribution in [2.75, 3.05) is 13.2 Å². The van der Waals surface area contributed by atoms with Crippen LogP contribution >= 0.6 is 0 Å². The Morgan fingerprint density at radius 3 is 2.46 bits per heavy atom. The summed E-state index contributed by atoms with van der Waals surface area (Å²) in [5, 5.41) is 21.0. The Balaban J connectivity index is 4.46. The van der Waals surface area contributed by atoms with Crippen LogP contribution in [0.15, 0.2) is 5.11 Å². The van der Waals surface area contributed by atoms with E-state index in [0.29, 0.717) is 6.42 Å². The van der Waals surface area contributed by atoms with Crippen LogP contribution in [0.5, 0.6) is 0 Å². The zero-order valence-corrected chi connectivity index (χ0v) is 7.84. The van der Waals surface area contributed by atoms with Gasteiger partial charge in [0.25, 0.3) is 0 Å². The Morgan fingerprint density at radius 2 is 2.15 bits per heavy atom. The van der Waals surface area contributed by atoms with Crippen LogP contribution in [0.3, 0.4) is 0 Å². The van der Waals surface area contributed by atoms with E-state index in [9.17, 15) is 0 Å². The number of hydrogen-bond acceptors (Lipinski definition) is 4. The zero-order valence-electron chi connectivity index (χ0n) is 7.84. The molecule has 0 aromatic carbocycles. The summed E-state index contributed by atoms with van der Waals surface area (Å²) in [5.41, 5.74) is 6.68. The molecule has 0 rings (SSSR count). The summed E-state index contributed by atoms with van der Waals surface area (Å²) in [6.07, 6.45) is 0.711. The molecule has 0 bridgehead atoms. The first kappa shape index (κ1) is 12.3. The first-order valence-corrected chi connectivity index (χ1v) is 4.10. The topological polar surface area (TPSA) is 98.5 Å². The first-order valence-electron chi connectivity index (χ1n) is 4.10. The Hall–Kier alpha value is -0.745. The number of azide groups is 1. The molecule has 0 amide bonds. The number of hydrogen-bond donors (Lipinski definition) is 2. The first-order chi connectivity index (χ1) is 6.14. The van der Waals surface area contributed by atoms with E-state index in [-0.39, 0.29) is 6.00 Å². The van der Waals surface area contributed by atoms with E-state index in [0.717, 1.165) is 0 Å². The van der Waals surface area contributed by atoms with Gasteiger partial charge in [-0.25, -0.2) is 0 Å². The lowest BCUT2D eigenvalue weighted by atomic mass is 9.97. The van der Waals surface area contributed by atoms with E-state index in [1.807, 2.05) is 6.92 Å². The molecule has 0 saturated carbocycles. The summed E-state index contributed by atoms with van der Waals surface area (Å²) >= 11 is 0. The number of nitrogens with zero attached hydrogens (tertiary/aromatic N) is 3. The molecule has 0 aliphatic carbocycles. The minimum Gasteiger partial charge on any atom is -0.393 e. The second kappa shape index (κ2) is 5.82. The van der Waals surface area contributed by atoms with Crippen molar-refractivity contribution >= 4 is 7.85 Å². The van der Waals surface area contributed by atoms with Gasteiger partial charge in [0.2, 0.25) is 0 Å². The van der Waals surface area contributed by atoms with Crippen molar-refractivity contribution in [3.05, 3.63) is 10.4 Å². The van der Waals surface area contributed by atoms with Gasteiger partial charge >= 0.3 is 0 Å². The highest BCUT2D eigenvalue weighted by Gasteiger charge is 2.30. The second-order valence-electron chi connectivity index (χ2n) is 2.79. The molecule has 74 valence electrons. The second-order valence-corrected chi connectivity index (χ2v) is 2.79. The van der Waals surface area contributed by atoms with Crippen molar-refractivity contribution in [3.63, 3.8) is 0 Å². The summed E-state index contributed by atoms with van der Waals surface area (Å²) in [6, 6.07) is -0.176. The van der Waals surface area contributed by atoms with Crippen LogP contribution in [-0.4, -0.2) is 43.0 Å². The van der Waals surface area contributed by atoms with Gasteiger partial charge in [0.05, 0.1) is 13.2 Å². The van der Waals surface area contributed by atoms with Gasteiger partial charge < -0.3 is 14.9 Å². The normalized spacial score (nSPS) is 13.5. The molecule has 0 heterocycles. The van der Waals surface area contributed by atoms with Crippen molar-refractivity contribution in [2.45, 2.75) is 25.1 Å². The smallest absolute Gasteiger partial charge is 0.192 e. The van der Waals surface area contributed by atoms with Crippen LogP contribution in [-0.2, 0) is 4.74 Å². The van der Waals surface area contributed by atoms with Gasteiger partial charge in [-0.05, 0) is 12.0 Å². The molecule has 0 aliphatic rings. The predicted molar refractivity (Wildman–Crippen MR) is 49.8 cm³/mol. The molecule has 1 atom stereocenters. The van der Waals surface area contributed by atoms with E-state index in [2.05, 4.69) is 10.0 Å². The van der Waals surface area contributed by atoms with Gasteiger partial charge in [-0.3, -0.25) is 0 Å². The molecule has 0 aliphatic heterocycles. The third kappa shape index (κ3) is 3.65. The molecule has 0 radical (unpaired) electrons. The van der Waals surface area contributed by atoms with Crippen molar-refractivity contribution in [3.8, 4) is 0 Å². The van der Waals surface area contributed by atoms with Crippen LogP contribution in [0.2, 0.25) is 0 Å². The molecule has 0 spiro atoms. The van der Waals surface area contributed by atoms with Gasteiger partial charge in [-0.1, -0.05) is 12.0 Å². The van der Waals surface area contributed by atoms with E-state index in [1.165, 1.54) is 0 Å². The third-order valence-electron chi connectivity index (χ3n) is 1.72. The van der Waals surface area contributed by atoms with Crippen LogP contribution in [0.25, 0.3) is 10.4 Å². The van der Waals surface area contributed by atoms with Gasteiger partial charge in [-0.2, -0.15) is 0 Å². The monoisotopic (exact) mass is 187 g/mol. The fraction of sp³-hybridized carbons (Fsp3) is 1.00. The quantitative estimate of drug-likeness (QED) is 0.250. The van der Waals surface area contributed by atoms with E-state index in [1.54, 1.807) is 7.85 Å². The van der Waals surface area contributed by atoms with Crippen LogP contribution < -0.4 is 0 Å². The average molecular weight is 187 g/mol. The lowest BCUT2D eigenvalue weighted by Crippen LogP contribution is -2.41. The van der Waals surface area contributed by atoms with Crippen molar-refractivity contribution in [1.82, 2.24) is 0 Å². The zero-order chi connectivity index (χ0) is 10.3. The number of rotatable bonds is 6. The van der Waals surface area contributed by atoms with Crippen LogP contribution in [0.4, 0.5) is 0 Å². The Bertz CT molecular complexity index is 192. The van der Waals surface area contributed by atoms with E-state index >= 15 is 0 Å². The molecule has 0 aromatic rings. The number of ether oxygens (including phenoxy) is 1. The summed E-state index contributed by atoms with van der Waals surface area (Å²) < 4.78 is 5.21. The highest BCUT2D eigenvalue weighted by molar-refractivity contribution is 6.10. The Kier molecular flexibility index (Phi) is 5.49. The molecule has 6 nitrogen and oxygen atoms in total. The average Bonchev–Trinajstić information content (AvgIpc) is 2.17. The maximum atomic E-state index is 8.90. The predicted octanol–water partition coefficient (Wildman–Crippen LogP) is -0.637. The standard InChI is InChI=1S/C6H14BN3O3/c1-2-5(7)13-6(3-11,4-12)9-10-8/h5,11-12H,2-4,7H2,1H3/t5-/m1/s1. The summed E-state index contributed by atoms with van der Waals surface area (Å²) in [6.45, 7) is 0.829. The maximum absolute atomic E-state index is 8.90. The van der Waals surface area contributed by atoms with Crippen molar-refractivity contribution < 1.29 is 14.9 Å². The summed E-state index contributed by atoms with van der Waals surface area (Å²) in [7, 11) is 1.77. The molecule has 0 fully saturated rings. The molecule has 0 aromatic heterocycles. The van der Waals surface area contributed by atoms with Crippen LogP contribution in [0, 0.1) is 0 Å². The Labute approximate surface area is 77.6 Å². The third-order valence-corrected chi connectivity index (χ3v) is 1.72.